The molecule has 0 spiro atoms. The van der Waals surface area contributed by atoms with E-state index >= 15 is 0 Å². The number of nitrogens with one attached hydrogen (secondary N) is 1. The summed E-state index contributed by atoms with van der Waals surface area (Å²) in [7, 11) is 0.317. The maximum Gasteiger partial charge on any atom is 0.255 e. The van der Waals surface area contributed by atoms with Crippen LogP contribution >= 0.6 is 0 Å². The number of hydrogen-bond donors (Lipinski definition) is 1. The van der Waals surface area contributed by atoms with E-state index in [-0.39, 0.29) is 11.8 Å². The minimum Gasteiger partial charge on any atom is -0.378 e. The van der Waals surface area contributed by atoms with Gasteiger partial charge in [0.15, 0.2) is 0 Å². The molecule has 1 amide bonds. The van der Waals surface area contributed by atoms with E-state index in [1.54, 1.807) is 27.2 Å². The van der Waals surface area contributed by atoms with Crippen LogP contribution in [0.1, 0.15) is 40.2 Å². The molecule has 4 aromatic rings. The molecule has 0 atom stereocenters. The van der Waals surface area contributed by atoms with Crippen molar-refractivity contribution in [1.82, 2.24) is 19.2 Å². The maximum absolute atomic E-state index is 13.2. The van der Waals surface area contributed by atoms with Gasteiger partial charge in [0.1, 0.15) is 0 Å². The van der Waals surface area contributed by atoms with E-state index in [9.17, 15) is 13.2 Å². The van der Waals surface area contributed by atoms with Crippen molar-refractivity contribution < 1.29 is 13.2 Å². The number of aromatic nitrogens is 2. The lowest BCUT2D eigenvalue weighted by atomic mass is 9.90. The number of hydrogen-bond acceptors (Lipinski definition) is 5. The van der Waals surface area contributed by atoms with Crippen molar-refractivity contribution in [1.29, 1.82) is 0 Å². The Morgan fingerprint density at radius 2 is 1.73 bits per heavy atom. The van der Waals surface area contributed by atoms with Crippen LogP contribution < -0.4 is 10.2 Å². The molecule has 9 heteroatoms. The number of carbonyl (C=O) groups is 1. The van der Waals surface area contributed by atoms with Gasteiger partial charge in [0.05, 0.1) is 22.2 Å². The number of fused-ring (bicyclic) bond motifs is 1. The van der Waals surface area contributed by atoms with Gasteiger partial charge in [-0.25, -0.2) is 12.9 Å². The summed E-state index contributed by atoms with van der Waals surface area (Å²) in [5.74, 6) is 0.0416. The average Bonchev–Trinajstić information content (AvgIpc) is 3.36. The Kier molecular flexibility index (Phi) is 6.99. The van der Waals surface area contributed by atoms with Gasteiger partial charge in [0.25, 0.3) is 5.91 Å². The van der Waals surface area contributed by atoms with Gasteiger partial charge in [-0.05, 0) is 66.3 Å². The van der Waals surface area contributed by atoms with Crippen molar-refractivity contribution in [2.45, 2.75) is 30.2 Å². The Balaban J connectivity index is 1.27. The zero-order valence-corrected chi connectivity index (χ0v) is 21.9. The monoisotopic (exact) mass is 517 g/mol. The number of nitrogens with zero attached hydrogens (tertiary/aromatic N) is 4. The molecule has 1 saturated heterocycles. The van der Waals surface area contributed by atoms with E-state index in [1.165, 1.54) is 0 Å². The molecule has 192 valence electrons. The molecule has 1 N–H and O–H groups in total. The number of rotatable bonds is 7. The SMILES string of the molecule is CN(C)c1ccc(S(=O)(=O)N2CCC(c3ccn4ncc(C(=O)NCc5ccccc5)c4c3)CC2)cc1. The molecule has 0 bridgehead atoms. The molecule has 3 heterocycles. The van der Waals surface area contributed by atoms with E-state index in [0.717, 1.165) is 35.2 Å². The summed E-state index contributed by atoms with van der Waals surface area (Å²) in [6.07, 6.45) is 4.90. The fourth-order valence-electron chi connectivity index (χ4n) is 4.79. The molecule has 1 aliphatic heterocycles. The summed E-state index contributed by atoms with van der Waals surface area (Å²) < 4.78 is 29.7. The van der Waals surface area contributed by atoms with Gasteiger partial charge in [-0.1, -0.05) is 30.3 Å². The third-order valence-electron chi connectivity index (χ3n) is 7.00. The number of pyridine rings is 1. The van der Waals surface area contributed by atoms with E-state index in [0.29, 0.717) is 30.1 Å². The highest BCUT2D eigenvalue weighted by molar-refractivity contribution is 7.89. The first-order valence-corrected chi connectivity index (χ1v) is 13.8. The molecule has 2 aromatic heterocycles. The second-order valence-electron chi connectivity index (χ2n) is 9.58. The highest BCUT2D eigenvalue weighted by Crippen LogP contribution is 2.32. The molecule has 0 aliphatic carbocycles. The normalized spacial score (nSPS) is 15.1. The first-order chi connectivity index (χ1) is 17.8. The number of anilines is 1. The standard InChI is InChI=1S/C28H31N5O3S/c1-31(2)24-8-10-25(11-9-24)37(35,36)32-15-12-22(13-16-32)23-14-17-33-27(18-23)26(20-30-33)28(34)29-19-21-6-4-3-5-7-21/h3-11,14,17-18,20,22H,12-13,15-16,19H2,1-2H3,(H,29,34). The summed E-state index contributed by atoms with van der Waals surface area (Å²) in [4.78, 5) is 15.2. The number of carbonyl (C=O) groups excluding carboxylic acids is 1. The quantitative estimate of drug-likeness (QED) is 0.402. The highest BCUT2D eigenvalue weighted by atomic mass is 32.2. The topological polar surface area (TPSA) is 87.0 Å². The first kappa shape index (κ1) is 25.0. The Bertz CT molecular complexity index is 1490. The van der Waals surface area contributed by atoms with Gasteiger partial charge < -0.3 is 10.2 Å². The minimum atomic E-state index is -3.54. The van der Waals surface area contributed by atoms with Crippen molar-refractivity contribution in [3.8, 4) is 0 Å². The summed E-state index contributed by atoms with van der Waals surface area (Å²) in [6.45, 7) is 1.36. The second-order valence-corrected chi connectivity index (χ2v) is 11.5. The molecule has 5 rings (SSSR count). The Morgan fingerprint density at radius 3 is 2.41 bits per heavy atom. The molecule has 1 aliphatic rings. The van der Waals surface area contributed by atoms with Crippen LogP contribution in [0.2, 0.25) is 0 Å². The van der Waals surface area contributed by atoms with Crippen molar-refractivity contribution >= 4 is 27.1 Å². The molecule has 37 heavy (non-hydrogen) atoms. The van der Waals surface area contributed by atoms with Gasteiger partial charge >= 0.3 is 0 Å². The molecule has 0 radical (unpaired) electrons. The van der Waals surface area contributed by atoms with Crippen LogP contribution in [0.4, 0.5) is 5.69 Å². The van der Waals surface area contributed by atoms with E-state index in [1.807, 2.05) is 79.8 Å². The predicted octanol–water partition coefficient (Wildman–Crippen LogP) is 3.90. The fourth-order valence-corrected chi connectivity index (χ4v) is 6.26. The molecular weight excluding hydrogens is 486 g/mol. The van der Waals surface area contributed by atoms with Crippen molar-refractivity contribution in [2.75, 3.05) is 32.1 Å². The van der Waals surface area contributed by atoms with Crippen LogP contribution in [0, 0.1) is 0 Å². The van der Waals surface area contributed by atoms with E-state index in [4.69, 9.17) is 0 Å². The van der Waals surface area contributed by atoms with E-state index < -0.39 is 10.0 Å². The highest BCUT2D eigenvalue weighted by Gasteiger charge is 2.30. The molecule has 0 saturated carbocycles. The smallest absolute Gasteiger partial charge is 0.255 e. The predicted molar refractivity (Wildman–Crippen MR) is 144 cm³/mol. The second kappa shape index (κ2) is 10.4. The third-order valence-corrected chi connectivity index (χ3v) is 8.92. The molecule has 2 aromatic carbocycles. The van der Waals surface area contributed by atoms with Gasteiger partial charge in [0.2, 0.25) is 10.0 Å². The lowest BCUT2D eigenvalue weighted by Gasteiger charge is -2.31. The van der Waals surface area contributed by atoms with Gasteiger partial charge in [-0.15, -0.1) is 0 Å². The number of piperidine rings is 1. The summed E-state index contributed by atoms with van der Waals surface area (Å²) in [5.41, 5.74) is 4.36. The largest absolute Gasteiger partial charge is 0.378 e. The van der Waals surface area contributed by atoms with Crippen molar-refractivity contribution in [3.63, 3.8) is 0 Å². The average molecular weight is 518 g/mol. The summed E-state index contributed by atoms with van der Waals surface area (Å²) in [6, 6.07) is 20.8. The van der Waals surface area contributed by atoms with Crippen LogP contribution in [-0.4, -0.2) is 55.4 Å². The first-order valence-electron chi connectivity index (χ1n) is 12.4. The van der Waals surface area contributed by atoms with Crippen LogP contribution in [-0.2, 0) is 16.6 Å². The maximum atomic E-state index is 13.2. The number of sulfonamides is 1. The van der Waals surface area contributed by atoms with Crippen LogP contribution in [0.3, 0.4) is 0 Å². The summed E-state index contributed by atoms with van der Waals surface area (Å²) >= 11 is 0. The van der Waals surface area contributed by atoms with E-state index in [2.05, 4.69) is 10.4 Å². The zero-order chi connectivity index (χ0) is 26.0. The molecule has 1 fully saturated rings. The lowest BCUT2D eigenvalue weighted by molar-refractivity contribution is 0.0952. The van der Waals surface area contributed by atoms with Crippen molar-refractivity contribution in [2.24, 2.45) is 0 Å². The third kappa shape index (κ3) is 5.23. The van der Waals surface area contributed by atoms with Gasteiger partial charge in [-0.3, -0.25) is 4.79 Å². The lowest BCUT2D eigenvalue weighted by Crippen LogP contribution is -2.37. The molecule has 0 unspecified atom stereocenters. The van der Waals surface area contributed by atoms with Crippen LogP contribution in [0.5, 0.6) is 0 Å². The Labute approximate surface area is 217 Å². The van der Waals surface area contributed by atoms with Crippen LogP contribution in [0.25, 0.3) is 5.52 Å². The number of amides is 1. The minimum absolute atomic E-state index is 0.169. The van der Waals surface area contributed by atoms with Gasteiger partial charge in [0, 0.05) is 45.6 Å². The van der Waals surface area contributed by atoms with Crippen molar-refractivity contribution in [3.05, 3.63) is 95.8 Å². The van der Waals surface area contributed by atoms with Crippen LogP contribution in [0.15, 0.2) is 84.0 Å². The zero-order valence-electron chi connectivity index (χ0n) is 21.0. The number of benzene rings is 2. The fraction of sp³-hybridized carbons (Fsp3) is 0.286. The Hall–Kier alpha value is -3.69. The van der Waals surface area contributed by atoms with Gasteiger partial charge in [-0.2, -0.15) is 9.40 Å². The Morgan fingerprint density at radius 1 is 1.03 bits per heavy atom. The molecule has 8 nitrogen and oxygen atoms in total. The molecular formula is C28H31N5O3S. The summed E-state index contributed by atoms with van der Waals surface area (Å²) in [5, 5.41) is 7.31.